The van der Waals surface area contributed by atoms with Crippen molar-refractivity contribution in [2.24, 2.45) is 21.7 Å². The maximum Gasteiger partial charge on any atom is 0.115 e. The standard InChI is InChI=1S/2C13H22.2C6H5ClO.Zr/c2*1-12(2,3)10-7-8-11(9-10)13(4,5)6;2*7-5-1-3-6(8)4-2-5;/h2*7,9H,8H2,1-6H3;2*1-4,8H;. The van der Waals surface area contributed by atoms with Crippen molar-refractivity contribution in [3.05, 3.63) is 105 Å². The number of phenolic OH excluding ortho intramolecular Hbond substituents is 2. The quantitative estimate of drug-likeness (QED) is 0.287. The zero-order chi connectivity index (χ0) is 32.5. The Kier molecular flexibility index (Phi) is 16.6. The van der Waals surface area contributed by atoms with Gasteiger partial charge in [-0.2, -0.15) is 0 Å². The summed E-state index contributed by atoms with van der Waals surface area (Å²) in [5, 5.41) is 18.7. The molecular weight excluding hydrogens is 651 g/mol. The minimum atomic E-state index is 0. The van der Waals surface area contributed by atoms with E-state index in [0.29, 0.717) is 31.7 Å². The van der Waals surface area contributed by atoms with Crippen molar-refractivity contribution in [3.63, 3.8) is 0 Å². The Labute approximate surface area is 292 Å². The molecule has 2 aliphatic carbocycles. The summed E-state index contributed by atoms with van der Waals surface area (Å²) in [6.45, 7) is 27.4. The number of rotatable bonds is 0. The molecule has 2 aliphatic rings. The topological polar surface area (TPSA) is 40.5 Å². The van der Waals surface area contributed by atoms with Gasteiger partial charge in [0.05, 0.1) is 0 Å². The summed E-state index contributed by atoms with van der Waals surface area (Å²) in [7, 11) is 0. The van der Waals surface area contributed by atoms with Gasteiger partial charge in [0.1, 0.15) is 11.5 Å². The fourth-order valence-electron chi connectivity index (χ4n) is 4.02. The molecule has 0 atom stereocenters. The number of halogens is 2. The van der Waals surface area contributed by atoms with Gasteiger partial charge in [0.15, 0.2) is 0 Å². The van der Waals surface area contributed by atoms with Crippen LogP contribution in [0.15, 0.2) is 95.1 Å². The average molecular weight is 705 g/mol. The van der Waals surface area contributed by atoms with Crippen LogP contribution < -0.4 is 0 Å². The van der Waals surface area contributed by atoms with Gasteiger partial charge in [0, 0.05) is 36.2 Å². The molecule has 0 bridgehead atoms. The van der Waals surface area contributed by atoms with Crippen molar-refractivity contribution in [1.82, 2.24) is 0 Å². The molecule has 0 saturated carbocycles. The molecule has 0 aliphatic heterocycles. The van der Waals surface area contributed by atoms with Gasteiger partial charge in [-0.15, -0.1) is 0 Å². The average Bonchev–Trinajstić information content (AvgIpc) is 3.54. The molecule has 0 saturated heterocycles. The van der Waals surface area contributed by atoms with Crippen LogP contribution in [0.2, 0.25) is 10.0 Å². The molecule has 0 amide bonds. The summed E-state index contributed by atoms with van der Waals surface area (Å²) in [5.41, 5.74) is 7.43. The predicted octanol–water partition coefficient (Wildman–Crippen LogP) is 12.8. The Morgan fingerprint density at radius 3 is 0.860 bits per heavy atom. The van der Waals surface area contributed by atoms with E-state index >= 15 is 0 Å². The molecule has 2 N–H and O–H groups in total. The van der Waals surface area contributed by atoms with Crippen LogP contribution in [0, 0.1) is 21.7 Å². The molecule has 2 aromatic rings. The first-order valence-corrected chi connectivity index (χ1v) is 15.5. The third-order valence-electron chi connectivity index (χ3n) is 7.06. The SMILES string of the molecule is CC(C)(C)C1=CCC(C(C)(C)C)=C1.CC(C)(C)C1=CCC(C(C)(C)C)=C1.Oc1ccc(Cl)cc1.Oc1ccc(Cl)cc1.[Zr]. The Bertz CT molecular complexity index is 1110. The summed E-state index contributed by atoms with van der Waals surface area (Å²) >= 11 is 11.0. The van der Waals surface area contributed by atoms with Gasteiger partial charge in [0.25, 0.3) is 0 Å². The first kappa shape index (κ1) is 41.5. The van der Waals surface area contributed by atoms with Crippen molar-refractivity contribution < 1.29 is 36.4 Å². The minimum absolute atomic E-state index is 0. The van der Waals surface area contributed by atoms with Crippen LogP contribution in [0.25, 0.3) is 0 Å². The Morgan fingerprint density at radius 2 is 0.721 bits per heavy atom. The Morgan fingerprint density at radius 1 is 0.465 bits per heavy atom. The first-order chi connectivity index (χ1) is 19.0. The molecular formula is C38H54Cl2O2Zr. The van der Waals surface area contributed by atoms with Crippen LogP contribution in [0.3, 0.4) is 0 Å². The van der Waals surface area contributed by atoms with Crippen molar-refractivity contribution in [3.8, 4) is 11.5 Å². The summed E-state index contributed by atoms with van der Waals surface area (Å²) in [4.78, 5) is 0. The Balaban J connectivity index is 0.000000556. The van der Waals surface area contributed by atoms with Crippen molar-refractivity contribution in [2.45, 2.75) is 95.9 Å². The van der Waals surface area contributed by atoms with Gasteiger partial charge in [-0.1, -0.05) is 142 Å². The van der Waals surface area contributed by atoms with Gasteiger partial charge in [-0.25, -0.2) is 0 Å². The maximum absolute atomic E-state index is 8.70. The van der Waals surface area contributed by atoms with E-state index < -0.39 is 0 Å². The number of hydrogen-bond acceptors (Lipinski definition) is 2. The summed E-state index contributed by atoms with van der Waals surface area (Å²) in [6.07, 6.45) is 11.8. The number of allylic oxidation sites excluding steroid dienone is 8. The van der Waals surface area contributed by atoms with Crippen molar-refractivity contribution in [1.29, 1.82) is 0 Å². The zero-order valence-corrected chi connectivity index (χ0v) is 32.5. The molecule has 0 unspecified atom stereocenters. The summed E-state index contributed by atoms with van der Waals surface area (Å²) < 4.78 is 0. The molecule has 0 aromatic heterocycles. The number of aromatic hydroxyl groups is 2. The van der Waals surface area contributed by atoms with Gasteiger partial charge < -0.3 is 10.2 Å². The van der Waals surface area contributed by atoms with Gasteiger partial charge >= 0.3 is 0 Å². The van der Waals surface area contributed by atoms with Crippen LogP contribution in [-0.2, 0) is 26.2 Å². The van der Waals surface area contributed by atoms with E-state index in [1.54, 1.807) is 59.7 Å². The molecule has 2 aromatic carbocycles. The predicted molar refractivity (Wildman–Crippen MR) is 186 cm³/mol. The Hall–Kier alpha value is -1.54. The number of phenols is 2. The number of benzene rings is 2. The maximum atomic E-state index is 8.70. The van der Waals surface area contributed by atoms with E-state index in [-0.39, 0.29) is 37.7 Å². The third kappa shape index (κ3) is 16.4. The molecule has 0 fully saturated rings. The molecule has 0 heterocycles. The van der Waals surface area contributed by atoms with Gasteiger partial charge in [-0.05, 0) is 94.2 Å². The summed E-state index contributed by atoms with van der Waals surface area (Å²) in [5.74, 6) is 0.490. The minimum Gasteiger partial charge on any atom is -0.508 e. The molecule has 4 rings (SSSR count). The molecule has 0 spiro atoms. The van der Waals surface area contributed by atoms with Gasteiger partial charge in [-0.3, -0.25) is 0 Å². The summed E-state index contributed by atoms with van der Waals surface area (Å²) in [6, 6.07) is 12.7. The second kappa shape index (κ2) is 17.2. The molecule has 236 valence electrons. The normalized spacial score (nSPS) is 14.7. The molecule has 5 heteroatoms. The van der Waals surface area contributed by atoms with Gasteiger partial charge in [0.2, 0.25) is 0 Å². The van der Waals surface area contributed by atoms with Crippen LogP contribution in [0.5, 0.6) is 11.5 Å². The van der Waals surface area contributed by atoms with Crippen LogP contribution >= 0.6 is 23.2 Å². The van der Waals surface area contributed by atoms with E-state index in [0.717, 1.165) is 12.8 Å². The fraction of sp³-hybridized carbons (Fsp3) is 0.474. The van der Waals surface area contributed by atoms with E-state index in [9.17, 15) is 0 Å². The van der Waals surface area contributed by atoms with E-state index in [2.05, 4.69) is 107 Å². The van der Waals surface area contributed by atoms with Crippen molar-refractivity contribution >= 4 is 23.2 Å². The monoisotopic (exact) mass is 702 g/mol. The van der Waals surface area contributed by atoms with E-state index in [4.69, 9.17) is 33.4 Å². The second-order valence-electron chi connectivity index (χ2n) is 15.0. The van der Waals surface area contributed by atoms with Crippen LogP contribution in [0.1, 0.15) is 95.9 Å². The van der Waals surface area contributed by atoms with E-state index in [1.165, 1.54) is 11.1 Å². The van der Waals surface area contributed by atoms with Crippen molar-refractivity contribution in [2.75, 3.05) is 0 Å². The van der Waals surface area contributed by atoms with E-state index in [1.807, 2.05) is 0 Å². The first-order valence-electron chi connectivity index (χ1n) is 14.7. The molecule has 0 radical (unpaired) electrons. The molecule has 2 nitrogen and oxygen atoms in total. The largest absolute Gasteiger partial charge is 0.508 e. The molecule has 43 heavy (non-hydrogen) atoms. The number of hydrogen-bond donors (Lipinski definition) is 2. The van der Waals surface area contributed by atoms with Crippen LogP contribution in [0.4, 0.5) is 0 Å². The third-order valence-corrected chi connectivity index (χ3v) is 7.56. The smallest absolute Gasteiger partial charge is 0.115 e. The fourth-order valence-corrected chi connectivity index (χ4v) is 4.28. The second-order valence-corrected chi connectivity index (χ2v) is 15.9. The zero-order valence-electron chi connectivity index (χ0n) is 28.5. The van der Waals surface area contributed by atoms with Crippen LogP contribution in [-0.4, -0.2) is 10.2 Å².